The first-order valence-corrected chi connectivity index (χ1v) is 8.06. The lowest BCUT2D eigenvalue weighted by Gasteiger charge is -2.23. The minimum absolute atomic E-state index is 0.0559. The number of aliphatic hydroxyl groups excluding tert-OH is 1. The lowest BCUT2D eigenvalue weighted by atomic mass is 10.2. The number of imidazole rings is 1. The van der Waals surface area contributed by atoms with Crippen molar-refractivity contribution in [2.24, 2.45) is 0 Å². The molecule has 0 aliphatic carbocycles. The average Bonchev–Trinajstić information content (AvgIpc) is 3.11. The van der Waals surface area contributed by atoms with E-state index in [1.165, 1.54) is 0 Å². The van der Waals surface area contributed by atoms with E-state index in [4.69, 9.17) is 0 Å². The van der Waals surface area contributed by atoms with Crippen LogP contribution >= 0.6 is 0 Å². The Morgan fingerprint density at radius 3 is 2.88 bits per heavy atom. The van der Waals surface area contributed by atoms with E-state index in [1.807, 2.05) is 23.6 Å². The molecular formula is C18H20N4O3. The molecule has 0 fully saturated rings. The third kappa shape index (κ3) is 3.61. The number of aromatic nitrogens is 3. The highest BCUT2D eigenvalue weighted by Crippen LogP contribution is 2.13. The number of benzene rings is 1. The number of carbonyl (C=O) groups is 1. The van der Waals surface area contributed by atoms with Crippen molar-refractivity contribution < 1.29 is 9.90 Å². The number of H-pyrrole nitrogens is 1. The predicted molar refractivity (Wildman–Crippen MR) is 94.0 cm³/mol. The number of aryl methyl sites for hydroxylation is 1. The summed E-state index contributed by atoms with van der Waals surface area (Å²) in [5.74, 6) is 0.505. The lowest BCUT2D eigenvalue weighted by molar-refractivity contribution is -0.133. The largest absolute Gasteiger partial charge is 0.395 e. The number of hydrogen-bond donors (Lipinski definition) is 2. The molecule has 0 saturated carbocycles. The number of pyridine rings is 1. The summed E-state index contributed by atoms with van der Waals surface area (Å²) in [6.45, 7) is 2.29. The van der Waals surface area contributed by atoms with Crippen LogP contribution in [0.1, 0.15) is 11.5 Å². The first kappa shape index (κ1) is 16.9. The number of aliphatic hydroxyl groups is 1. The van der Waals surface area contributed by atoms with Gasteiger partial charge in [-0.1, -0.05) is 12.1 Å². The van der Waals surface area contributed by atoms with Crippen molar-refractivity contribution in [2.75, 3.05) is 13.2 Å². The SMILES string of the molecule is Cc1cc(=O)c2ccccc2n1CC(=O)N(CCO)Cc1ncc[nH]1. The molecule has 130 valence electrons. The molecule has 2 N–H and O–H groups in total. The highest BCUT2D eigenvalue weighted by atomic mass is 16.3. The Kier molecular flexibility index (Phi) is 4.95. The van der Waals surface area contributed by atoms with Gasteiger partial charge in [0, 0.05) is 36.1 Å². The third-order valence-electron chi connectivity index (χ3n) is 4.14. The Balaban J connectivity index is 1.91. The molecule has 1 aromatic carbocycles. The number of fused-ring (bicyclic) bond motifs is 1. The van der Waals surface area contributed by atoms with Crippen LogP contribution in [0.2, 0.25) is 0 Å². The zero-order chi connectivity index (χ0) is 17.8. The summed E-state index contributed by atoms with van der Waals surface area (Å²) >= 11 is 0. The maximum Gasteiger partial charge on any atom is 0.243 e. The number of nitrogens with one attached hydrogen (secondary N) is 1. The molecule has 3 rings (SSSR count). The zero-order valence-electron chi connectivity index (χ0n) is 14.0. The highest BCUT2D eigenvalue weighted by Gasteiger charge is 2.17. The molecule has 25 heavy (non-hydrogen) atoms. The van der Waals surface area contributed by atoms with Crippen LogP contribution in [0.3, 0.4) is 0 Å². The summed E-state index contributed by atoms with van der Waals surface area (Å²) in [6.07, 6.45) is 3.31. The average molecular weight is 340 g/mol. The second-order valence-corrected chi connectivity index (χ2v) is 5.83. The number of rotatable bonds is 6. The highest BCUT2D eigenvalue weighted by molar-refractivity contribution is 5.82. The van der Waals surface area contributed by atoms with Crippen LogP contribution in [0, 0.1) is 6.92 Å². The summed E-state index contributed by atoms with van der Waals surface area (Å²) in [7, 11) is 0. The summed E-state index contributed by atoms with van der Waals surface area (Å²) in [4.78, 5) is 33.5. The quantitative estimate of drug-likeness (QED) is 0.702. The Hall–Kier alpha value is -2.93. The van der Waals surface area contributed by atoms with Gasteiger partial charge in [0.05, 0.1) is 18.7 Å². The van der Waals surface area contributed by atoms with E-state index in [-0.39, 0.29) is 31.0 Å². The van der Waals surface area contributed by atoms with Crippen molar-refractivity contribution in [3.05, 3.63) is 64.5 Å². The number of para-hydroxylation sites is 1. The van der Waals surface area contributed by atoms with Crippen LogP contribution in [0.25, 0.3) is 10.9 Å². The monoisotopic (exact) mass is 340 g/mol. The van der Waals surface area contributed by atoms with Crippen LogP contribution in [-0.2, 0) is 17.9 Å². The van der Waals surface area contributed by atoms with Gasteiger partial charge in [-0.15, -0.1) is 0 Å². The molecule has 0 unspecified atom stereocenters. The molecule has 7 nitrogen and oxygen atoms in total. The van der Waals surface area contributed by atoms with Crippen molar-refractivity contribution >= 4 is 16.8 Å². The Morgan fingerprint density at radius 1 is 1.36 bits per heavy atom. The number of carbonyl (C=O) groups excluding carboxylic acids is 1. The summed E-state index contributed by atoms with van der Waals surface area (Å²) in [5, 5.41) is 9.85. The number of aromatic amines is 1. The van der Waals surface area contributed by atoms with Crippen molar-refractivity contribution in [1.29, 1.82) is 0 Å². The first-order valence-electron chi connectivity index (χ1n) is 8.06. The molecule has 1 amide bonds. The van der Waals surface area contributed by atoms with E-state index in [1.54, 1.807) is 35.5 Å². The number of nitrogens with zero attached hydrogens (tertiary/aromatic N) is 3. The standard InChI is InChI=1S/C18H20N4O3/c1-13-10-16(24)14-4-2-3-5-15(14)22(13)12-18(25)21(8-9-23)11-17-19-6-7-20-17/h2-7,10,23H,8-9,11-12H2,1H3,(H,19,20). The van der Waals surface area contributed by atoms with Crippen LogP contribution in [0.5, 0.6) is 0 Å². The maximum atomic E-state index is 12.8. The van der Waals surface area contributed by atoms with Crippen molar-refractivity contribution in [3.63, 3.8) is 0 Å². The number of hydrogen-bond acceptors (Lipinski definition) is 4. The third-order valence-corrected chi connectivity index (χ3v) is 4.14. The van der Waals surface area contributed by atoms with Gasteiger partial charge < -0.3 is 19.6 Å². The van der Waals surface area contributed by atoms with Gasteiger partial charge in [-0.25, -0.2) is 4.98 Å². The maximum absolute atomic E-state index is 12.8. The summed E-state index contributed by atoms with van der Waals surface area (Å²) in [5.41, 5.74) is 1.39. The molecule has 7 heteroatoms. The summed E-state index contributed by atoms with van der Waals surface area (Å²) < 4.78 is 1.82. The minimum atomic E-state index is -0.151. The molecule has 0 aliphatic heterocycles. The van der Waals surface area contributed by atoms with Crippen molar-refractivity contribution in [2.45, 2.75) is 20.0 Å². The molecule has 2 heterocycles. The molecule has 0 bridgehead atoms. The second-order valence-electron chi connectivity index (χ2n) is 5.83. The molecule has 0 atom stereocenters. The lowest BCUT2D eigenvalue weighted by Crippen LogP contribution is -2.36. The fourth-order valence-electron chi connectivity index (χ4n) is 2.88. The van der Waals surface area contributed by atoms with E-state index in [2.05, 4.69) is 9.97 Å². The van der Waals surface area contributed by atoms with Gasteiger partial charge in [0.2, 0.25) is 5.91 Å². The molecule has 0 saturated heterocycles. The Bertz CT molecular complexity index is 931. The molecule has 3 aromatic rings. The number of amides is 1. The van der Waals surface area contributed by atoms with Gasteiger partial charge in [0.15, 0.2) is 5.43 Å². The van der Waals surface area contributed by atoms with Crippen LogP contribution in [0.15, 0.2) is 47.5 Å². The Labute approximate surface area is 144 Å². The summed E-state index contributed by atoms with van der Waals surface area (Å²) in [6, 6.07) is 8.78. The van der Waals surface area contributed by atoms with Gasteiger partial charge in [-0.05, 0) is 19.1 Å². The van der Waals surface area contributed by atoms with Gasteiger partial charge in [-0.2, -0.15) is 0 Å². The molecule has 2 aromatic heterocycles. The van der Waals surface area contributed by atoms with Crippen LogP contribution in [-0.4, -0.2) is 43.6 Å². The molecule has 0 spiro atoms. The molecular weight excluding hydrogens is 320 g/mol. The van der Waals surface area contributed by atoms with Gasteiger partial charge in [0.1, 0.15) is 12.4 Å². The zero-order valence-corrected chi connectivity index (χ0v) is 14.0. The minimum Gasteiger partial charge on any atom is -0.395 e. The normalized spacial score (nSPS) is 11.0. The second kappa shape index (κ2) is 7.31. The molecule has 0 radical (unpaired) electrons. The Morgan fingerprint density at radius 2 is 2.16 bits per heavy atom. The van der Waals surface area contributed by atoms with Crippen LogP contribution < -0.4 is 5.43 Å². The van der Waals surface area contributed by atoms with E-state index in [9.17, 15) is 14.7 Å². The van der Waals surface area contributed by atoms with E-state index in [0.717, 1.165) is 11.2 Å². The van der Waals surface area contributed by atoms with E-state index in [0.29, 0.717) is 17.8 Å². The fraction of sp³-hybridized carbons (Fsp3) is 0.278. The predicted octanol–water partition coefficient (Wildman–Crippen LogP) is 1.05. The fourth-order valence-corrected chi connectivity index (χ4v) is 2.88. The smallest absolute Gasteiger partial charge is 0.243 e. The van der Waals surface area contributed by atoms with Crippen molar-refractivity contribution in [1.82, 2.24) is 19.4 Å². The first-order chi connectivity index (χ1) is 12.1. The van der Waals surface area contributed by atoms with E-state index < -0.39 is 0 Å². The van der Waals surface area contributed by atoms with Gasteiger partial charge in [0.25, 0.3) is 0 Å². The van der Waals surface area contributed by atoms with Crippen molar-refractivity contribution in [3.8, 4) is 0 Å². The van der Waals surface area contributed by atoms with E-state index >= 15 is 0 Å². The van der Waals surface area contributed by atoms with Crippen LogP contribution in [0.4, 0.5) is 0 Å². The topological polar surface area (TPSA) is 91.2 Å². The molecule has 0 aliphatic rings. The van der Waals surface area contributed by atoms with Gasteiger partial charge in [-0.3, -0.25) is 9.59 Å². The van der Waals surface area contributed by atoms with Gasteiger partial charge >= 0.3 is 0 Å².